The van der Waals surface area contributed by atoms with Gasteiger partial charge in [0.2, 0.25) is 0 Å². The number of nitrogens with zero attached hydrogens (tertiary/aromatic N) is 2. The fraction of sp³-hybridized carbons (Fsp3) is 0.130. The van der Waals surface area contributed by atoms with E-state index in [0.29, 0.717) is 11.4 Å². The van der Waals surface area contributed by atoms with E-state index < -0.39 is 17.7 Å². The van der Waals surface area contributed by atoms with Crippen molar-refractivity contribution in [2.24, 2.45) is 0 Å². The minimum Gasteiger partial charge on any atom is -0.489 e. The molecule has 4 aromatic rings. The maximum absolute atomic E-state index is 14.1. The highest BCUT2D eigenvalue weighted by molar-refractivity contribution is 7.15. The van der Waals surface area contributed by atoms with Gasteiger partial charge in [-0.15, -0.1) is 11.3 Å². The molecule has 1 N–H and O–H groups in total. The molecule has 0 spiro atoms. The normalized spacial score (nSPS) is 15.2. The third-order valence-electron chi connectivity index (χ3n) is 5.04. The van der Waals surface area contributed by atoms with Crippen molar-refractivity contribution in [3.05, 3.63) is 83.0 Å². The molecule has 2 aromatic carbocycles. The summed E-state index contributed by atoms with van der Waals surface area (Å²) in [4.78, 5) is 10.0. The SMILES string of the molecule is Cc1sc(-c2cccnc2)nc1-c1ccc2c(c1)OCC(c1c(F)cccc1F)N2. The van der Waals surface area contributed by atoms with Crippen molar-refractivity contribution in [2.45, 2.75) is 13.0 Å². The van der Waals surface area contributed by atoms with Gasteiger partial charge in [0.05, 0.1) is 17.4 Å². The molecule has 0 amide bonds. The van der Waals surface area contributed by atoms with Gasteiger partial charge >= 0.3 is 0 Å². The second-order valence-corrected chi connectivity index (χ2v) is 8.22. The van der Waals surface area contributed by atoms with Gasteiger partial charge in [0.15, 0.2) is 0 Å². The molecule has 0 aliphatic carbocycles. The van der Waals surface area contributed by atoms with E-state index in [9.17, 15) is 8.78 Å². The number of ether oxygens (including phenoxy) is 1. The van der Waals surface area contributed by atoms with E-state index in [2.05, 4.69) is 10.3 Å². The first-order chi connectivity index (χ1) is 14.6. The van der Waals surface area contributed by atoms with Gasteiger partial charge in [0, 0.05) is 34.0 Å². The first-order valence-corrected chi connectivity index (χ1v) is 10.3. The number of hydrogen-bond donors (Lipinski definition) is 1. The van der Waals surface area contributed by atoms with Crippen LogP contribution in [0, 0.1) is 18.6 Å². The Hall–Kier alpha value is -3.32. The molecule has 0 radical (unpaired) electrons. The smallest absolute Gasteiger partial charge is 0.143 e. The lowest BCUT2D eigenvalue weighted by Gasteiger charge is -2.28. The molecule has 1 aliphatic rings. The molecule has 0 saturated heterocycles. The van der Waals surface area contributed by atoms with Crippen molar-refractivity contribution >= 4 is 17.0 Å². The number of rotatable bonds is 3. The first-order valence-electron chi connectivity index (χ1n) is 9.45. The van der Waals surface area contributed by atoms with Gasteiger partial charge in [-0.2, -0.15) is 0 Å². The van der Waals surface area contributed by atoms with Crippen LogP contribution in [-0.2, 0) is 0 Å². The standard InChI is InChI=1S/C23H17F2N3OS/c1-13-22(28-23(30-13)15-4-3-9-26-11-15)14-7-8-18-20(10-14)29-12-19(27-18)21-16(24)5-2-6-17(21)25/h2-11,19,27H,12H2,1H3. The van der Waals surface area contributed by atoms with Crippen molar-refractivity contribution in [3.63, 3.8) is 0 Å². The van der Waals surface area contributed by atoms with Crippen molar-refractivity contribution in [1.29, 1.82) is 0 Å². The Bertz CT molecular complexity index is 1210. The fourth-order valence-electron chi connectivity index (χ4n) is 3.59. The Morgan fingerprint density at radius 2 is 1.90 bits per heavy atom. The summed E-state index contributed by atoms with van der Waals surface area (Å²) in [6.07, 6.45) is 3.53. The molecular weight excluding hydrogens is 404 g/mol. The number of hydrogen-bond acceptors (Lipinski definition) is 5. The van der Waals surface area contributed by atoms with Gasteiger partial charge in [0.1, 0.15) is 29.0 Å². The molecule has 30 heavy (non-hydrogen) atoms. The molecular formula is C23H17F2N3OS. The molecule has 1 unspecified atom stereocenters. The maximum Gasteiger partial charge on any atom is 0.143 e. The van der Waals surface area contributed by atoms with Gasteiger partial charge in [-0.1, -0.05) is 12.1 Å². The number of benzene rings is 2. The summed E-state index contributed by atoms with van der Waals surface area (Å²) in [6, 6.07) is 12.8. The van der Waals surface area contributed by atoms with Crippen LogP contribution in [0.25, 0.3) is 21.8 Å². The van der Waals surface area contributed by atoms with Gasteiger partial charge < -0.3 is 10.1 Å². The Labute approximate surface area is 176 Å². The first kappa shape index (κ1) is 18.7. The predicted molar refractivity (Wildman–Crippen MR) is 114 cm³/mol. The number of aryl methyl sites for hydroxylation is 1. The lowest BCUT2D eigenvalue weighted by atomic mass is 10.0. The van der Waals surface area contributed by atoms with E-state index in [0.717, 1.165) is 26.7 Å². The molecule has 0 bridgehead atoms. The molecule has 4 nitrogen and oxygen atoms in total. The molecule has 3 heterocycles. The minimum absolute atomic E-state index is 0.0105. The van der Waals surface area contributed by atoms with Crippen LogP contribution in [0.2, 0.25) is 0 Å². The summed E-state index contributed by atoms with van der Waals surface area (Å²) < 4.78 is 34.1. The van der Waals surface area contributed by atoms with Crippen LogP contribution in [0.15, 0.2) is 60.9 Å². The summed E-state index contributed by atoms with van der Waals surface area (Å²) >= 11 is 1.61. The Balaban J connectivity index is 1.45. The summed E-state index contributed by atoms with van der Waals surface area (Å²) in [7, 11) is 0. The van der Waals surface area contributed by atoms with E-state index in [4.69, 9.17) is 9.72 Å². The van der Waals surface area contributed by atoms with Crippen LogP contribution in [-0.4, -0.2) is 16.6 Å². The predicted octanol–water partition coefficient (Wildman–Crippen LogP) is 6.00. The van der Waals surface area contributed by atoms with Crippen LogP contribution < -0.4 is 10.1 Å². The van der Waals surface area contributed by atoms with E-state index >= 15 is 0 Å². The average Bonchev–Trinajstić information content (AvgIpc) is 3.15. The third-order valence-corrected chi connectivity index (χ3v) is 6.06. The lowest BCUT2D eigenvalue weighted by molar-refractivity contribution is 0.280. The topological polar surface area (TPSA) is 47.0 Å². The van der Waals surface area contributed by atoms with Crippen molar-refractivity contribution < 1.29 is 13.5 Å². The molecule has 1 atom stereocenters. The van der Waals surface area contributed by atoms with Crippen molar-refractivity contribution in [3.8, 4) is 27.6 Å². The molecule has 0 fully saturated rings. The number of aromatic nitrogens is 2. The maximum atomic E-state index is 14.1. The zero-order valence-corrected chi connectivity index (χ0v) is 16.8. The molecule has 7 heteroatoms. The van der Waals surface area contributed by atoms with Gasteiger partial charge in [0.25, 0.3) is 0 Å². The molecule has 5 rings (SSSR count). The minimum atomic E-state index is -0.595. The zero-order chi connectivity index (χ0) is 20.7. The molecule has 150 valence electrons. The van der Waals surface area contributed by atoms with Gasteiger partial charge in [-0.3, -0.25) is 4.98 Å². The third kappa shape index (κ3) is 3.31. The highest BCUT2D eigenvalue weighted by Gasteiger charge is 2.26. The van der Waals surface area contributed by atoms with E-state index in [1.807, 2.05) is 37.3 Å². The second-order valence-electron chi connectivity index (χ2n) is 7.02. The summed E-state index contributed by atoms with van der Waals surface area (Å²) in [5.41, 5.74) is 3.46. The Morgan fingerprint density at radius 1 is 1.07 bits per heavy atom. The summed E-state index contributed by atoms with van der Waals surface area (Å²) in [6.45, 7) is 2.16. The number of anilines is 1. The largest absolute Gasteiger partial charge is 0.489 e. The molecule has 2 aromatic heterocycles. The summed E-state index contributed by atoms with van der Waals surface area (Å²) in [5, 5.41) is 4.09. The Morgan fingerprint density at radius 3 is 2.67 bits per heavy atom. The van der Waals surface area contributed by atoms with Crippen LogP contribution in [0.1, 0.15) is 16.5 Å². The zero-order valence-electron chi connectivity index (χ0n) is 16.0. The van der Waals surface area contributed by atoms with Gasteiger partial charge in [-0.05, 0) is 43.3 Å². The van der Waals surface area contributed by atoms with E-state index in [1.165, 1.54) is 18.2 Å². The average molecular weight is 421 g/mol. The monoisotopic (exact) mass is 421 g/mol. The van der Waals surface area contributed by atoms with Crippen LogP contribution in [0.4, 0.5) is 14.5 Å². The molecule has 0 saturated carbocycles. The highest BCUT2D eigenvalue weighted by atomic mass is 32.1. The Kier molecular flexibility index (Phi) is 4.67. The van der Waals surface area contributed by atoms with Crippen molar-refractivity contribution in [2.75, 3.05) is 11.9 Å². The summed E-state index contributed by atoms with van der Waals surface area (Å²) in [5.74, 6) is -0.537. The highest BCUT2D eigenvalue weighted by Crippen LogP contribution is 2.40. The molecule has 1 aliphatic heterocycles. The van der Waals surface area contributed by atoms with Crippen molar-refractivity contribution in [1.82, 2.24) is 9.97 Å². The van der Waals surface area contributed by atoms with Crippen LogP contribution in [0.3, 0.4) is 0 Å². The van der Waals surface area contributed by atoms with Gasteiger partial charge in [-0.25, -0.2) is 13.8 Å². The van der Waals surface area contributed by atoms with Crippen LogP contribution >= 0.6 is 11.3 Å². The number of pyridine rings is 1. The van der Waals surface area contributed by atoms with E-state index in [1.54, 1.807) is 23.7 Å². The quantitative estimate of drug-likeness (QED) is 0.440. The number of fused-ring (bicyclic) bond motifs is 1. The lowest BCUT2D eigenvalue weighted by Crippen LogP contribution is -2.25. The fourth-order valence-corrected chi connectivity index (χ4v) is 4.51. The van der Waals surface area contributed by atoms with Crippen LogP contribution in [0.5, 0.6) is 5.75 Å². The number of thiazole rings is 1. The van der Waals surface area contributed by atoms with E-state index in [-0.39, 0.29) is 12.2 Å². The number of halogens is 2. The number of nitrogens with one attached hydrogen (secondary N) is 1. The second kappa shape index (κ2) is 7.50.